The average Bonchev–Trinajstić information content (AvgIpc) is 2.65. The number of hydrogen-bond acceptors (Lipinski definition) is 2. The Kier molecular flexibility index (Phi) is 6.17. The summed E-state index contributed by atoms with van der Waals surface area (Å²) in [6.45, 7) is 6.62. The predicted molar refractivity (Wildman–Crippen MR) is 68.7 cm³/mol. The van der Waals surface area contributed by atoms with Crippen molar-refractivity contribution < 1.29 is 4.74 Å². The van der Waals surface area contributed by atoms with Crippen LogP contribution in [0.25, 0.3) is 0 Å². The maximum Gasteiger partial charge on any atom is 0.0576 e. The van der Waals surface area contributed by atoms with E-state index >= 15 is 0 Å². The van der Waals surface area contributed by atoms with E-state index in [9.17, 15) is 0 Å². The Morgan fingerprint density at radius 2 is 2.27 bits per heavy atom. The molecule has 1 heterocycles. The van der Waals surface area contributed by atoms with Gasteiger partial charge in [0.2, 0.25) is 0 Å². The molecular formula is C12H24BrNO. The molecule has 0 bridgehead atoms. The maximum absolute atomic E-state index is 5.60. The topological polar surface area (TPSA) is 21.3 Å². The molecule has 0 aliphatic carbocycles. The van der Waals surface area contributed by atoms with Gasteiger partial charge in [-0.3, -0.25) is 0 Å². The van der Waals surface area contributed by atoms with Gasteiger partial charge in [-0.1, -0.05) is 15.9 Å². The van der Waals surface area contributed by atoms with Crippen molar-refractivity contribution in [3.05, 3.63) is 0 Å². The molecule has 1 N–H and O–H groups in total. The summed E-state index contributed by atoms with van der Waals surface area (Å²) in [5, 5.41) is 4.67. The molecule has 3 heteroatoms. The van der Waals surface area contributed by atoms with Gasteiger partial charge in [0.15, 0.2) is 0 Å². The fourth-order valence-electron chi connectivity index (χ4n) is 1.95. The van der Waals surface area contributed by atoms with Crippen molar-refractivity contribution in [1.29, 1.82) is 0 Å². The van der Waals surface area contributed by atoms with Crippen LogP contribution >= 0.6 is 15.9 Å². The van der Waals surface area contributed by atoms with E-state index in [1.807, 2.05) is 0 Å². The molecule has 1 aliphatic heterocycles. The van der Waals surface area contributed by atoms with Gasteiger partial charge in [-0.05, 0) is 52.5 Å². The van der Waals surface area contributed by atoms with Crippen molar-refractivity contribution >= 4 is 15.9 Å². The summed E-state index contributed by atoms with van der Waals surface area (Å²) in [7, 11) is 0. The Morgan fingerprint density at radius 1 is 1.47 bits per heavy atom. The second kappa shape index (κ2) is 6.87. The van der Waals surface area contributed by atoms with Crippen molar-refractivity contribution in [2.45, 2.75) is 57.6 Å². The highest BCUT2D eigenvalue weighted by molar-refractivity contribution is 9.09. The molecule has 0 saturated carbocycles. The van der Waals surface area contributed by atoms with Crippen LogP contribution in [0.3, 0.4) is 0 Å². The Balaban J connectivity index is 2.00. The van der Waals surface area contributed by atoms with Crippen LogP contribution in [0.15, 0.2) is 0 Å². The van der Waals surface area contributed by atoms with Crippen LogP contribution in [0, 0.1) is 0 Å². The summed E-state index contributed by atoms with van der Waals surface area (Å²) in [5.41, 5.74) is 0.264. The Hall–Kier alpha value is 0.400. The Morgan fingerprint density at radius 3 is 2.87 bits per heavy atom. The predicted octanol–water partition coefficient (Wildman–Crippen LogP) is 3.10. The first-order valence-electron chi connectivity index (χ1n) is 6.07. The molecule has 1 atom stereocenters. The van der Waals surface area contributed by atoms with Gasteiger partial charge in [0, 0.05) is 17.5 Å². The van der Waals surface area contributed by atoms with Crippen LogP contribution < -0.4 is 5.32 Å². The van der Waals surface area contributed by atoms with Gasteiger partial charge in [0.25, 0.3) is 0 Å². The second-order valence-electron chi connectivity index (χ2n) is 5.03. The highest BCUT2D eigenvalue weighted by Crippen LogP contribution is 2.17. The van der Waals surface area contributed by atoms with Crippen molar-refractivity contribution in [3.63, 3.8) is 0 Å². The summed E-state index contributed by atoms with van der Waals surface area (Å²) in [6, 6.07) is 0. The van der Waals surface area contributed by atoms with E-state index in [1.165, 1.54) is 32.1 Å². The molecule has 15 heavy (non-hydrogen) atoms. The molecule has 1 rings (SSSR count). The standard InChI is InChI=1S/C12H24BrNO/c1-12(2,7-8-13)14-9-3-5-11-6-4-10-15-11/h11,14H,3-10H2,1-2H3. The molecule has 0 amide bonds. The van der Waals surface area contributed by atoms with Gasteiger partial charge in [0.05, 0.1) is 6.10 Å². The molecule has 1 saturated heterocycles. The lowest BCUT2D eigenvalue weighted by atomic mass is 10.0. The lowest BCUT2D eigenvalue weighted by Gasteiger charge is -2.25. The van der Waals surface area contributed by atoms with Crippen LogP contribution in [0.1, 0.15) is 46.0 Å². The number of halogens is 1. The molecule has 90 valence electrons. The van der Waals surface area contributed by atoms with Gasteiger partial charge in [-0.15, -0.1) is 0 Å². The molecule has 0 aromatic rings. The monoisotopic (exact) mass is 277 g/mol. The molecule has 2 nitrogen and oxygen atoms in total. The quantitative estimate of drug-likeness (QED) is 0.570. The summed E-state index contributed by atoms with van der Waals surface area (Å²) in [4.78, 5) is 0. The normalized spacial score (nSPS) is 22.2. The zero-order valence-corrected chi connectivity index (χ0v) is 11.6. The van der Waals surface area contributed by atoms with Gasteiger partial charge < -0.3 is 10.1 Å². The number of rotatable bonds is 7. The van der Waals surface area contributed by atoms with Gasteiger partial charge in [-0.25, -0.2) is 0 Å². The lowest BCUT2D eigenvalue weighted by molar-refractivity contribution is 0.102. The summed E-state index contributed by atoms with van der Waals surface area (Å²) in [5.74, 6) is 0. The molecule has 1 unspecified atom stereocenters. The number of hydrogen-bond donors (Lipinski definition) is 1. The molecule has 0 aromatic heterocycles. The van der Waals surface area contributed by atoms with E-state index in [0.29, 0.717) is 6.10 Å². The minimum atomic E-state index is 0.264. The van der Waals surface area contributed by atoms with Crippen LogP contribution in [0.2, 0.25) is 0 Å². The van der Waals surface area contributed by atoms with Crippen LogP contribution in [-0.4, -0.2) is 30.1 Å². The Bertz CT molecular complexity index is 167. The van der Waals surface area contributed by atoms with E-state index in [4.69, 9.17) is 4.74 Å². The van der Waals surface area contributed by atoms with Crippen LogP contribution in [-0.2, 0) is 4.74 Å². The first-order chi connectivity index (χ1) is 7.14. The first-order valence-corrected chi connectivity index (χ1v) is 7.19. The van der Waals surface area contributed by atoms with Crippen molar-refractivity contribution in [3.8, 4) is 0 Å². The van der Waals surface area contributed by atoms with Gasteiger partial charge in [0.1, 0.15) is 0 Å². The third kappa shape index (κ3) is 5.88. The van der Waals surface area contributed by atoms with E-state index < -0.39 is 0 Å². The first kappa shape index (κ1) is 13.5. The van der Waals surface area contributed by atoms with Crippen LogP contribution in [0.5, 0.6) is 0 Å². The lowest BCUT2D eigenvalue weighted by Crippen LogP contribution is -2.40. The molecule has 0 spiro atoms. The number of ether oxygens (including phenoxy) is 1. The molecule has 1 fully saturated rings. The van der Waals surface area contributed by atoms with Gasteiger partial charge in [-0.2, -0.15) is 0 Å². The fraction of sp³-hybridized carbons (Fsp3) is 1.00. The number of nitrogens with one attached hydrogen (secondary N) is 1. The minimum Gasteiger partial charge on any atom is -0.378 e. The largest absolute Gasteiger partial charge is 0.378 e. The third-order valence-electron chi connectivity index (χ3n) is 3.05. The minimum absolute atomic E-state index is 0.264. The van der Waals surface area contributed by atoms with E-state index in [2.05, 4.69) is 35.1 Å². The van der Waals surface area contributed by atoms with E-state index in [1.54, 1.807) is 0 Å². The van der Waals surface area contributed by atoms with Crippen molar-refractivity contribution in [2.75, 3.05) is 18.5 Å². The van der Waals surface area contributed by atoms with Crippen molar-refractivity contribution in [1.82, 2.24) is 5.32 Å². The molecular weight excluding hydrogens is 254 g/mol. The molecule has 0 radical (unpaired) electrons. The van der Waals surface area contributed by atoms with Crippen LogP contribution in [0.4, 0.5) is 0 Å². The summed E-state index contributed by atoms with van der Waals surface area (Å²) >= 11 is 3.49. The molecule has 1 aliphatic rings. The molecule has 0 aromatic carbocycles. The van der Waals surface area contributed by atoms with Gasteiger partial charge >= 0.3 is 0 Å². The zero-order valence-electron chi connectivity index (χ0n) is 10.0. The highest BCUT2D eigenvalue weighted by atomic mass is 79.9. The second-order valence-corrected chi connectivity index (χ2v) is 5.82. The van der Waals surface area contributed by atoms with E-state index in [-0.39, 0.29) is 5.54 Å². The SMILES string of the molecule is CC(C)(CCBr)NCCCC1CCCO1. The summed E-state index contributed by atoms with van der Waals surface area (Å²) in [6.07, 6.45) is 6.70. The Labute approximate surface area is 102 Å². The van der Waals surface area contributed by atoms with E-state index in [0.717, 1.165) is 18.5 Å². The maximum atomic E-state index is 5.60. The smallest absolute Gasteiger partial charge is 0.0576 e. The van der Waals surface area contributed by atoms with Crippen molar-refractivity contribution in [2.24, 2.45) is 0 Å². The fourth-order valence-corrected chi connectivity index (χ4v) is 2.94. The number of alkyl halides is 1. The summed E-state index contributed by atoms with van der Waals surface area (Å²) < 4.78 is 5.60. The third-order valence-corrected chi connectivity index (χ3v) is 3.45. The highest BCUT2D eigenvalue weighted by Gasteiger charge is 2.17. The average molecular weight is 278 g/mol. The zero-order chi connectivity index (χ0) is 11.1.